The average Bonchev–Trinajstić information content (AvgIpc) is 2.93. The molecule has 0 atom stereocenters. The number of rotatable bonds is 2. The number of aromatic nitrogens is 1. The van der Waals surface area contributed by atoms with Gasteiger partial charge in [0.25, 0.3) is 0 Å². The zero-order chi connectivity index (χ0) is 13.7. The van der Waals surface area contributed by atoms with Gasteiger partial charge >= 0.3 is 6.03 Å². The monoisotopic (exact) mass is 261 g/mol. The number of guanidine groups is 1. The highest BCUT2D eigenvalue weighted by Gasteiger charge is 2.18. The smallest absolute Gasteiger partial charge is 0.324 e. The molecule has 6 heteroatoms. The molecule has 19 heavy (non-hydrogen) atoms. The van der Waals surface area contributed by atoms with Gasteiger partial charge < -0.3 is 10.6 Å². The molecule has 0 radical (unpaired) electrons. The lowest BCUT2D eigenvalue weighted by molar-refractivity contribution is 0.214. The zero-order valence-corrected chi connectivity index (χ0v) is 11.1. The van der Waals surface area contributed by atoms with Gasteiger partial charge in [-0.1, -0.05) is 13.0 Å². The predicted molar refractivity (Wildman–Crippen MR) is 74.2 cm³/mol. The molecule has 1 saturated heterocycles. The summed E-state index contributed by atoms with van der Waals surface area (Å²) >= 11 is 0. The minimum absolute atomic E-state index is 0.0882. The molecule has 3 N–H and O–H groups in total. The van der Waals surface area contributed by atoms with Gasteiger partial charge in [-0.25, -0.2) is 9.78 Å². The maximum absolute atomic E-state index is 11.8. The molecule has 2 heterocycles. The Kier molecular flexibility index (Phi) is 4.33. The lowest BCUT2D eigenvalue weighted by Crippen LogP contribution is -2.44. The molecule has 0 aromatic carbocycles. The highest BCUT2D eigenvalue weighted by molar-refractivity contribution is 5.96. The van der Waals surface area contributed by atoms with Crippen LogP contribution in [-0.2, 0) is 6.42 Å². The molecular weight excluding hydrogens is 242 g/mol. The molecule has 2 rings (SSSR count). The van der Waals surface area contributed by atoms with Crippen molar-refractivity contribution < 1.29 is 4.79 Å². The van der Waals surface area contributed by atoms with Gasteiger partial charge in [0.05, 0.1) is 0 Å². The zero-order valence-electron chi connectivity index (χ0n) is 11.1. The van der Waals surface area contributed by atoms with Crippen LogP contribution >= 0.6 is 0 Å². The number of carbonyl (C=O) groups excluding carboxylic acids is 1. The van der Waals surface area contributed by atoms with E-state index in [1.54, 1.807) is 11.1 Å². The Labute approximate surface area is 112 Å². The standard InChI is InChI=1S/C13H19N5O/c1-2-10-6-5-7-15-11(10)16-12(14)17-13(19)18-8-3-4-9-18/h5-7H,2-4,8-9H2,1H3,(H3,14,15,16,17,19). The van der Waals surface area contributed by atoms with Gasteiger partial charge in [0.1, 0.15) is 0 Å². The summed E-state index contributed by atoms with van der Waals surface area (Å²) in [7, 11) is 0. The number of amides is 2. The van der Waals surface area contributed by atoms with Crippen LogP contribution in [0.3, 0.4) is 0 Å². The molecule has 0 unspecified atom stereocenters. The summed E-state index contributed by atoms with van der Waals surface area (Å²) in [5.74, 6) is 0.648. The number of nitrogens with two attached hydrogens (primary N) is 1. The molecule has 1 fully saturated rings. The van der Waals surface area contributed by atoms with Crippen molar-refractivity contribution in [2.24, 2.45) is 10.7 Å². The van der Waals surface area contributed by atoms with Crippen LogP contribution in [-0.4, -0.2) is 35.0 Å². The van der Waals surface area contributed by atoms with Gasteiger partial charge in [-0.15, -0.1) is 0 Å². The van der Waals surface area contributed by atoms with Crippen molar-refractivity contribution >= 4 is 17.8 Å². The summed E-state index contributed by atoms with van der Waals surface area (Å²) < 4.78 is 0. The van der Waals surface area contributed by atoms with Crippen molar-refractivity contribution in [1.29, 1.82) is 0 Å². The fourth-order valence-electron chi connectivity index (χ4n) is 2.06. The molecule has 0 spiro atoms. The maximum Gasteiger partial charge on any atom is 0.324 e. The van der Waals surface area contributed by atoms with E-state index in [4.69, 9.17) is 5.73 Å². The molecule has 1 aromatic rings. The quantitative estimate of drug-likeness (QED) is 0.623. The Hall–Kier alpha value is -2.11. The minimum atomic E-state index is -0.187. The Morgan fingerprint density at radius 1 is 1.53 bits per heavy atom. The van der Waals surface area contributed by atoms with Crippen LogP contribution in [0, 0.1) is 0 Å². The first-order valence-corrected chi connectivity index (χ1v) is 6.54. The second-order valence-corrected chi connectivity index (χ2v) is 4.46. The van der Waals surface area contributed by atoms with Gasteiger partial charge in [-0.05, 0) is 30.9 Å². The highest BCUT2D eigenvalue weighted by Crippen LogP contribution is 2.15. The Morgan fingerprint density at radius 3 is 2.95 bits per heavy atom. The summed E-state index contributed by atoms with van der Waals surface area (Å²) in [6.07, 6.45) is 4.57. The van der Waals surface area contributed by atoms with E-state index >= 15 is 0 Å². The number of nitrogens with one attached hydrogen (secondary N) is 1. The van der Waals surface area contributed by atoms with Crippen molar-refractivity contribution in [3.8, 4) is 0 Å². The number of pyridine rings is 1. The minimum Gasteiger partial charge on any atom is -0.369 e. The SMILES string of the molecule is CCc1cccnc1/N=C(\N)NC(=O)N1CCCC1. The predicted octanol–water partition coefficient (Wildman–Crippen LogP) is 1.40. The van der Waals surface area contributed by atoms with E-state index in [0.717, 1.165) is 37.9 Å². The molecule has 1 aliphatic rings. The molecular formula is C13H19N5O. The van der Waals surface area contributed by atoms with Gasteiger partial charge in [0, 0.05) is 19.3 Å². The molecule has 1 aromatic heterocycles. The average molecular weight is 261 g/mol. The number of hydrogen-bond acceptors (Lipinski definition) is 3. The second-order valence-electron chi connectivity index (χ2n) is 4.46. The molecule has 0 saturated carbocycles. The molecule has 2 amide bonds. The normalized spacial score (nSPS) is 15.6. The topological polar surface area (TPSA) is 83.6 Å². The maximum atomic E-state index is 11.8. The van der Waals surface area contributed by atoms with Crippen molar-refractivity contribution in [1.82, 2.24) is 15.2 Å². The van der Waals surface area contributed by atoms with Crippen LogP contribution < -0.4 is 11.1 Å². The van der Waals surface area contributed by atoms with E-state index in [0.29, 0.717) is 5.82 Å². The van der Waals surface area contributed by atoms with Gasteiger partial charge in [-0.2, -0.15) is 4.99 Å². The summed E-state index contributed by atoms with van der Waals surface area (Å²) in [6, 6.07) is 3.62. The van der Waals surface area contributed by atoms with Crippen LogP contribution in [0.4, 0.5) is 10.6 Å². The Bertz CT molecular complexity index is 480. The Morgan fingerprint density at radius 2 is 2.26 bits per heavy atom. The molecule has 0 aliphatic carbocycles. The number of hydrogen-bond donors (Lipinski definition) is 2. The van der Waals surface area contributed by atoms with Crippen LogP contribution in [0.2, 0.25) is 0 Å². The fourth-order valence-corrected chi connectivity index (χ4v) is 2.06. The van der Waals surface area contributed by atoms with Crippen LogP contribution in [0.1, 0.15) is 25.3 Å². The number of aryl methyl sites for hydroxylation is 1. The van der Waals surface area contributed by atoms with Crippen LogP contribution in [0.25, 0.3) is 0 Å². The number of nitrogens with zero attached hydrogens (tertiary/aromatic N) is 3. The third-order valence-electron chi connectivity index (χ3n) is 3.10. The number of aliphatic imine (C=N–C) groups is 1. The van der Waals surface area contributed by atoms with Crippen molar-refractivity contribution in [2.75, 3.05) is 13.1 Å². The van der Waals surface area contributed by atoms with E-state index in [2.05, 4.69) is 15.3 Å². The van der Waals surface area contributed by atoms with E-state index in [1.807, 2.05) is 19.1 Å². The first kappa shape index (κ1) is 13.3. The number of likely N-dealkylation sites (tertiary alicyclic amines) is 1. The van der Waals surface area contributed by atoms with Gasteiger partial charge in [-0.3, -0.25) is 5.32 Å². The van der Waals surface area contributed by atoms with E-state index < -0.39 is 0 Å². The lowest BCUT2D eigenvalue weighted by Gasteiger charge is -2.15. The largest absolute Gasteiger partial charge is 0.369 e. The first-order valence-electron chi connectivity index (χ1n) is 6.54. The second kappa shape index (κ2) is 6.17. The molecule has 102 valence electrons. The van der Waals surface area contributed by atoms with Crippen LogP contribution in [0.15, 0.2) is 23.3 Å². The lowest BCUT2D eigenvalue weighted by atomic mass is 10.2. The molecule has 1 aliphatic heterocycles. The van der Waals surface area contributed by atoms with E-state index in [-0.39, 0.29) is 12.0 Å². The van der Waals surface area contributed by atoms with Gasteiger partial charge in [0.2, 0.25) is 5.96 Å². The first-order chi connectivity index (χ1) is 9.20. The third-order valence-corrected chi connectivity index (χ3v) is 3.10. The van der Waals surface area contributed by atoms with E-state index in [1.165, 1.54) is 0 Å². The summed E-state index contributed by atoms with van der Waals surface area (Å²) in [5.41, 5.74) is 6.75. The highest BCUT2D eigenvalue weighted by atomic mass is 16.2. The Balaban J connectivity index is 2.03. The number of urea groups is 1. The van der Waals surface area contributed by atoms with E-state index in [9.17, 15) is 4.79 Å². The summed E-state index contributed by atoms with van der Waals surface area (Å²) in [4.78, 5) is 21.9. The van der Waals surface area contributed by atoms with Crippen molar-refractivity contribution in [2.45, 2.75) is 26.2 Å². The van der Waals surface area contributed by atoms with Gasteiger partial charge in [0.15, 0.2) is 5.82 Å². The molecule has 6 nitrogen and oxygen atoms in total. The summed E-state index contributed by atoms with van der Waals surface area (Å²) in [5, 5.41) is 2.60. The summed E-state index contributed by atoms with van der Waals surface area (Å²) in [6.45, 7) is 3.58. The van der Waals surface area contributed by atoms with Crippen LogP contribution in [0.5, 0.6) is 0 Å². The van der Waals surface area contributed by atoms with Crippen molar-refractivity contribution in [3.05, 3.63) is 23.9 Å². The fraction of sp³-hybridized carbons (Fsp3) is 0.462. The molecule has 0 bridgehead atoms. The third kappa shape index (κ3) is 3.43. The van der Waals surface area contributed by atoms with Crippen molar-refractivity contribution in [3.63, 3.8) is 0 Å². The number of carbonyl (C=O) groups is 1.